The summed E-state index contributed by atoms with van der Waals surface area (Å²) < 4.78 is 39.2. The topological polar surface area (TPSA) is 67.9 Å². The molecule has 0 saturated carbocycles. The molecule has 5 nitrogen and oxygen atoms in total. The van der Waals surface area contributed by atoms with Crippen molar-refractivity contribution in [2.45, 2.75) is 18.6 Å². The van der Waals surface area contributed by atoms with E-state index in [0.29, 0.717) is 18.7 Å². The van der Waals surface area contributed by atoms with Crippen molar-refractivity contribution in [3.8, 4) is 11.4 Å². The van der Waals surface area contributed by atoms with E-state index in [1.807, 2.05) is 0 Å². The summed E-state index contributed by atoms with van der Waals surface area (Å²) in [6.45, 7) is 1.08. The van der Waals surface area contributed by atoms with Crippen LogP contribution in [0.1, 0.15) is 12.1 Å². The van der Waals surface area contributed by atoms with E-state index >= 15 is 0 Å². The summed E-state index contributed by atoms with van der Waals surface area (Å²) in [6.07, 6.45) is -0.813. The number of alkyl halides is 3. The molecule has 116 valence electrons. The fourth-order valence-electron chi connectivity index (χ4n) is 2.37. The second-order valence-electron chi connectivity index (χ2n) is 5.16. The molecule has 8 heteroatoms. The number of halogens is 3. The van der Waals surface area contributed by atoms with Gasteiger partial charge in [-0.1, -0.05) is 0 Å². The lowest BCUT2D eigenvalue weighted by Crippen LogP contribution is -2.27. The van der Waals surface area contributed by atoms with Crippen molar-refractivity contribution in [1.29, 1.82) is 0 Å². The molecule has 1 atom stereocenters. The minimum atomic E-state index is -4.53. The van der Waals surface area contributed by atoms with Gasteiger partial charge in [-0.3, -0.25) is 4.98 Å². The molecule has 2 N–H and O–H groups in total. The number of nitrogens with zero attached hydrogens (tertiary/aromatic N) is 4. The smallest absolute Gasteiger partial charge is 0.355 e. The van der Waals surface area contributed by atoms with Gasteiger partial charge in [-0.2, -0.15) is 13.2 Å². The lowest BCUT2D eigenvalue weighted by Gasteiger charge is -2.19. The Kier molecular flexibility index (Phi) is 3.69. The summed E-state index contributed by atoms with van der Waals surface area (Å²) in [5.74, 6) is 0.287. The number of rotatable bonds is 2. The van der Waals surface area contributed by atoms with Gasteiger partial charge in [0.05, 0.1) is 0 Å². The average molecular weight is 309 g/mol. The van der Waals surface area contributed by atoms with Gasteiger partial charge in [-0.25, -0.2) is 9.97 Å². The van der Waals surface area contributed by atoms with E-state index in [0.717, 1.165) is 12.5 Å². The number of nitrogens with two attached hydrogens (primary N) is 1. The maximum atomic E-state index is 13.1. The molecule has 0 bridgehead atoms. The molecule has 1 saturated heterocycles. The summed E-state index contributed by atoms with van der Waals surface area (Å²) >= 11 is 0. The number of anilines is 1. The van der Waals surface area contributed by atoms with Gasteiger partial charge < -0.3 is 10.6 Å². The quantitative estimate of drug-likeness (QED) is 0.920. The van der Waals surface area contributed by atoms with Crippen molar-refractivity contribution >= 4 is 5.82 Å². The van der Waals surface area contributed by atoms with Crippen LogP contribution in [0.3, 0.4) is 0 Å². The van der Waals surface area contributed by atoms with Crippen LogP contribution in [-0.2, 0) is 6.18 Å². The fourth-order valence-corrected chi connectivity index (χ4v) is 2.37. The number of hydrogen-bond acceptors (Lipinski definition) is 5. The molecule has 1 aliphatic rings. The van der Waals surface area contributed by atoms with E-state index in [-0.39, 0.29) is 17.7 Å². The Labute approximate surface area is 125 Å². The molecule has 0 spiro atoms. The summed E-state index contributed by atoms with van der Waals surface area (Å²) in [5, 5.41) is 0. The third kappa shape index (κ3) is 3.01. The van der Waals surface area contributed by atoms with Crippen molar-refractivity contribution in [1.82, 2.24) is 15.0 Å². The summed E-state index contributed by atoms with van der Waals surface area (Å²) in [4.78, 5) is 13.5. The lowest BCUT2D eigenvalue weighted by atomic mass is 10.2. The van der Waals surface area contributed by atoms with Crippen LogP contribution >= 0.6 is 0 Å². The maximum absolute atomic E-state index is 13.1. The third-order valence-corrected chi connectivity index (χ3v) is 3.49. The molecular formula is C14H14F3N5. The molecule has 0 amide bonds. The van der Waals surface area contributed by atoms with E-state index in [9.17, 15) is 13.2 Å². The summed E-state index contributed by atoms with van der Waals surface area (Å²) in [7, 11) is 0. The van der Waals surface area contributed by atoms with Gasteiger partial charge >= 0.3 is 6.18 Å². The molecule has 3 heterocycles. The Hall–Kier alpha value is -2.22. The molecular weight excluding hydrogens is 295 g/mol. The van der Waals surface area contributed by atoms with Gasteiger partial charge in [0.25, 0.3) is 0 Å². The Balaban J connectivity index is 2.06. The summed E-state index contributed by atoms with van der Waals surface area (Å²) in [5.41, 5.74) is 5.36. The largest absolute Gasteiger partial charge is 0.433 e. The van der Waals surface area contributed by atoms with Crippen molar-refractivity contribution in [2.24, 2.45) is 5.73 Å². The van der Waals surface area contributed by atoms with Crippen LogP contribution in [-0.4, -0.2) is 34.1 Å². The van der Waals surface area contributed by atoms with Crippen LogP contribution in [0, 0.1) is 0 Å². The normalized spacial score (nSPS) is 18.7. The molecule has 2 aromatic heterocycles. The first kappa shape index (κ1) is 14.7. The predicted molar refractivity (Wildman–Crippen MR) is 75.1 cm³/mol. The molecule has 0 aliphatic carbocycles. The van der Waals surface area contributed by atoms with E-state index in [1.54, 1.807) is 17.0 Å². The second kappa shape index (κ2) is 5.53. The maximum Gasteiger partial charge on any atom is 0.433 e. The SMILES string of the molecule is NC1CCN(c2cc(C(F)(F)F)nc(-c3ccncc3)n2)C1. The highest BCUT2D eigenvalue weighted by Gasteiger charge is 2.35. The lowest BCUT2D eigenvalue weighted by molar-refractivity contribution is -0.141. The highest BCUT2D eigenvalue weighted by molar-refractivity contribution is 5.57. The van der Waals surface area contributed by atoms with Crippen LogP contribution in [0.5, 0.6) is 0 Å². The molecule has 1 fully saturated rings. The Morgan fingerprint density at radius 1 is 1.18 bits per heavy atom. The zero-order valence-electron chi connectivity index (χ0n) is 11.6. The van der Waals surface area contributed by atoms with Gasteiger partial charge in [-0.05, 0) is 18.6 Å². The molecule has 0 radical (unpaired) electrons. The molecule has 1 unspecified atom stereocenters. The van der Waals surface area contributed by atoms with Crippen molar-refractivity contribution in [3.05, 3.63) is 36.3 Å². The van der Waals surface area contributed by atoms with Gasteiger partial charge in [0.15, 0.2) is 11.5 Å². The first-order valence-electron chi connectivity index (χ1n) is 6.81. The predicted octanol–water partition coefficient (Wildman–Crippen LogP) is 2.09. The van der Waals surface area contributed by atoms with Gasteiger partial charge in [-0.15, -0.1) is 0 Å². The van der Waals surface area contributed by atoms with E-state index in [4.69, 9.17) is 5.73 Å². The monoisotopic (exact) mass is 309 g/mol. The highest BCUT2D eigenvalue weighted by Crippen LogP contribution is 2.32. The first-order valence-corrected chi connectivity index (χ1v) is 6.81. The van der Waals surface area contributed by atoms with Crippen LogP contribution in [0.25, 0.3) is 11.4 Å². The number of pyridine rings is 1. The molecule has 2 aromatic rings. The van der Waals surface area contributed by atoms with Crippen LogP contribution in [0.15, 0.2) is 30.6 Å². The average Bonchev–Trinajstić information content (AvgIpc) is 2.93. The van der Waals surface area contributed by atoms with Crippen molar-refractivity contribution in [2.75, 3.05) is 18.0 Å². The van der Waals surface area contributed by atoms with Gasteiger partial charge in [0.1, 0.15) is 5.82 Å². The highest BCUT2D eigenvalue weighted by atomic mass is 19.4. The fraction of sp³-hybridized carbons (Fsp3) is 0.357. The Morgan fingerprint density at radius 2 is 1.91 bits per heavy atom. The van der Waals surface area contributed by atoms with E-state index in [1.165, 1.54) is 12.4 Å². The first-order chi connectivity index (χ1) is 10.4. The van der Waals surface area contributed by atoms with E-state index < -0.39 is 11.9 Å². The van der Waals surface area contributed by atoms with E-state index in [2.05, 4.69) is 15.0 Å². The molecule has 22 heavy (non-hydrogen) atoms. The molecule has 3 rings (SSSR count). The number of hydrogen-bond donors (Lipinski definition) is 1. The molecule has 0 aromatic carbocycles. The Bertz CT molecular complexity index is 659. The third-order valence-electron chi connectivity index (χ3n) is 3.49. The van der Waals surface area contributed by atoms with Crippen molar-refractivity contribution < 1.29 is 13.2 Å². The van der Waals surface area contributed by atoms with Gasteiger partial charge in [0.2, 0.25) is 0 Å². The Morgan fingerprint density at radius 3 is 2.50 bits per heavy atom. The van der Waals surface area contributed by atoms with Crippen LogP contribution in [0.2, 0.25) is 0 Å². The van der Waals surface area contributed by atoms with Crippen LogP contribution < -0.4 is 10.6 Å². The zero-order valence-corrected chi connectivity index (χ0v) is 11.6. The van der Waals surface area contributed by atoms with Crippen LogP contribution in [0.4, 0.5) is 19.0 Å². The minimum Gasteiger partial charge on any atom is -0.355 e. The standard InChI is InChI=1S/C14H14F3N5/c15-14(16,17)11-7-12(22-6-3-10(18)8-22)21-13(20-11)9-1-4-19-5-2-9/h1-2,4-5,7,10H,3,6,8,18H2. The molecule has 1 aliphatic heterocycles. The number of aromatic nitrogens is 3. The minimum absolute atomic E-state index is 0.0349. The second-order valence-corrected chi connectivity index (χ2v) is 5.16. The van der Waals surface area contributed by atoms with Crippen molar-refractivity contribution in [3.63, 3.8) is 0 Å². The zero-order chi connectivity index (χ0) is 15.7. The van der Waals surface area contributed by atoms with Gasteiger partial charge in [0, 0.05) is 43.2 Å². The summed E-state index contributed by atoms with van der Waals surface area (Å²) in [6, 6.07) is 4.08.